The summed E-state index contributed by atoms with van der Waals surface area (Å²) in [5.74, 6) is 0.790. The van der Waals surface area contributed by atoms with Gasteiger partial charge in [-0.15, -0.1) is 0 Å². The fraction of sp³-hybridized carbons (Fsp3) is 0.941. The van der Waals surface area contributed by atoms with Gasteiger partial charge in [0.1, 0.15) is 6.29 Å². The first-order valence-corrected chi connectivity index (χ1v) is 8.63. The smallest absolute Gasteiger partial charge is 0.287 e. The van der Waals surface area contributed by atoms with Gasteiger partial charge in [-0.2, -0.15) is 0 Å². The number of rotatable bonds is 9. The van der Waals surface area contributed by atoms with Crippen molar-refractivity contribution in [3.8, 4) is 0 Å². The van der Waals surface area contributed by atoms with Crippen LogP contribution >= 0.6 is 0 Å². The molecule has 0 aromatic heterocycles. The molecule has 0 amide bonds. The minimum absolute atomic E-state index is 0.179. The van der Waals surface area contributed by atoms with Crippen LogP contribution < -0.4 is 5.73 Å². The van der Waals surface area contributed by atoms with Crippen molar-refractivity contribution in [1.29, 1.82) is 0 Å². The Labute approximate surface area is 137 Å². The highest BCUT2D eigenvalue weighted by atomic mass is 16.2. The van der Waals surface area contributed by atoms with Gasteiger partial charge in [0.15, 0.2) is 0 Å². The zero-order chi connectivity index (χ0) is 17.2. The lowest BCUT2D eigenvalue weighted by Gasteiger charge is -2.34. The van der Waals surface area contributed by atoms with Crippen molar-refractivity contribution < 1.29 is 14.9 Å². The minimum atomic E-state index is -0.668. The number of carbonyl (C=O) groups is 1. The zero-order valence-corrected chi connectivity index (χ0v) is 14.8. The molecule has 0 heterocycles. The molecule has 4 nitrogen and oxygen atoms in total. The van der Waals surface area contributed by atoms with Gasteiger partial charge < -0.3 is 20.7 Å². The molecule has 1 aliphatic rings. The number of aliphatic hydroxyl groups is 1. The van der Waals surface area contributed by atoms with Crippen LogP contribution in [0.4, 0.5) is 0 Å². The van der Waals surface area contributed by atoms with Gasteiger partial charge in [0, 0.05) is 7.11 Å². The maximum atomic E-state index is 11.6. The second kappa shape index (κ2) is 10.4. The van der Waals surface area contributed by atoms with Gasteiger partial charge in [-0.3, -0.25) is 0 Å². The van der Waals surface area contributed by atoms with E-state index in [1.807, 2.05) is 0 Å². The van der Waals surface area contributed by atoms with Crippen molar-refractivity contribution in [2.24, 2.45) is 23.0 Å². The molecule has 0 aliphatic heterocycles. The van der Waals surface area contributed by atoms with Crippen molar-refractivity contribution in [1.82, 2.24) is 0 Å². The molecule has 1 radical (unpaired) electrons. The third kappa shape index (κ3) is 5.07. The van der Waals surface area contributed by atoms with E-state index in [1.54, 1.807) is 0 Å². The Hall–Kier alpha value is -0.385. The molecular formula is C17H35BNO3. The summed E-state index contributed by atoms with van der Waals surface area (Å²) < 4.78 is 0. The van der Waals surface area contributed by atoms with Crippen molar-refractivity contribution in [3.05, 3.63) is 0 Å². The lowest BCUT2D eigenvalue weighted by Crippen LogP contribution is -2.46. The zero-order valence-electron chi connectivity index (χ0n) is 14.8. The van der Waals surface area contributed by atoms with Gasteiger partial charge >= 0.3 is 0 Å². The van der Waals surface area contributed by atoms with Crippen molar-refractivity contribution in [2.45, 2.75) is 77.6 Å². The van der Waals surface area contributed by atoms with Gasteiger partial charge in [0.25, 0.3) is 7.48 Å². The van der Waals surface area contributed by atoms with Gasteiger partial charge in [-0.25, -0.2) is 0 Å². The number of hydrogen-bond donors (Lipinski definition) is 3. The fourth-order valence-electron chi connectivity index (χ4n) is 4.21. The number of aliphatic hydroxyl groups excluding tert-OH is 1. The topological polar surface area (TPSA) is 83.5 Å². The molecule has 0 aromatic carbocycles. The number of aldehydes is 1. The van der Waals surface area contributed by atoms with Crippen LogP contribution in [-0.4, -0.2) is 36.5 Å². The summed E-state index contributed by atoms with van der Waals surface area (Å²) in [6.07, 6.45) is 8.99. The summed E-state index contributed by atoms with van der Waals surface area (Å²) in [4.78, 5) is 11.6. The average Bonchev–Trinajstić information content (AvgIpc) is 2.76. The minimum Gasteiger partial charge on any atom is -0.454 e. The van der Waals surface area contributed by atoms with Crippen LogP contribution in [0.25, 0.3) is 0 Å². The molecule has 1 saturated carbocycles. The number of carbonyl (C=O) groups excluding carboxylic acids is 1. The van der Waals surface area contributed by atoms with Crippen molar-refractivity contribution >= 4 is 13.8 Å². The molecule has 22 heavy (non-hydrogen) atoms. The molecule has 4 atom stereocenters. The predicted octanol–water partition coefficient (Wildman–Crippen LogP) is 2.54. The third-order valence-corrected chi connectivity index (χ3v) is 5.53. The fourth-order valence-corrected chi connectivity index (χ4v) is 4.21. The van der Waals surface area contributed by atoms with Crippen LogP contribution in [0.1, 0.15) is 65.7 Å². The molecule has 1 fully saturated rings. The first-order valence-electron chi connectivity index (χ1n) is 8.63. The van der Waals surface area contributed by atoms with E-state index in [0.29, 0.717) is 12.2 Å². The predicted molar refractivity (Wildman–Crippen MR) is 92.7 cm³/mol. The van der Waals surface area contributed by atoms with E-state index in [4.69, 9.17) is 15.9 Å². The average molecular weight is 312 g/mol. The van der Waals surface area contributed by atoms with E-state index in [9.17, 15) is 4.79 Å². The Bertz CT molecular complexity index is 316. The van der Waals surface area contributed by atoms with Gasteiger partial charge in [0.05, 0.1) is 5.54 Å². The first kappa shape index (κ1) is 21.6. The molecular weight excluding hydrogens is 277 g/mol. The van der Waals surface area contributed by atoms with Crippen LogP contribution in [0.15, 0.2) is 0 Å². The van der Waals surface area contributed by atoms with E-state index in [-0.39, 0.29) is 11.3 Å². The van der Waals surface area contributed by atoms with E-state index >= 15 is 0 Å². The Balaban J connectivity index is 0.00000211. The SMILES string of the molecule is CCCCC1C(CCC[B]O)C(N)(C=O)CC1(C)CC.CO. The summed E-state index contributed by atoms with van der Waals surface area (Å²) in [5, 5.41) is 15.9. The molecule has 0 spiro atoms. The highest BCUT2D eigenvalue weighted by Crippen LogP contribution is 2.55. The van der Waals surface area contributed by atoms with Gasteiger partial charge in [0.2, 0.25) is 0 Å². The van der Waals surface area contributed by atoms with Crippen LogP contribution in [0.5, 0.6) is 0 Å². The van der Waals surface area contributed by atoms with Gasteiger partial charge in [-0.05, 0) is 36.5 Å². The highest BCUT2D eigenvalue weighted by molar-refractivity contribution is 6.25. The molecule has 4 N–H and O–H groups in total. The molecule has 129 valence electrons. The molecule has 0 bridgehead atoms. The number of hydrogen-bond acceptors (Lipinski definition) is 4. The molecule has 0 aromatic rings. The maximum Gasteiger partial charge on any atom is 0.287 e. The third-order valence-electron chi connectivity index (χ3n) is 5.53. The molecule has 1 rings (SSSR count). The Kier molecular flexibility index (Phi) is 10.2. The van der Waals surface area contributed by atoms with Crippen LogP contribution in [-0.2, 0) is 4.79 Å². The van der Waals surface area contributed by atoms with E-state index in [0.717, 1.165) is 39.1 Å². The van der Waals surface area contributed by atoms with Crippen LogP contribution in [0.3, 0.4) is 0 Å². The largest absolute Gasteiger partial charge is 0.454 e. The van der Waals surface area contributed by atoms with Crippen LogP contribution in [0.2, 0.25) is 6.32 Å². The lowest BCUT2D eigenvalue weighted by molar-refractivity contribution is -0.113. The lowest BCUT2D eigenvalue weighted by atomic mass is 9.71. The monoisotopic (exact) mass is 312 g/mol. The first-order chi connectivity index (χ1) is 10.5. The van der Waals surface area contributed by atoms with Gasteiger partial charge in [-0.1, -0.05) is 52.8 Å². The number of unbranched alkanes of at least 4 members (excludes halogenated alkanes) is 1. The molecule has 4 unspecified atom stereocenters. The quantitative estimate of drug-likeness (QED) is 0.347. The molecule has 5 heteroatoms. The molecule has 0 saturated heterocycles. The Morgan fingerprint density at radius 3 is 2.27 bits per heavy atom. The molecule has 1 aliphatic carbocycles. The van der Waals surface area contributed by atoms with E-state index < -0.39 is 5.54 Å². The van der Waals surface area contributed by atoms with E-state index in [2.05, 4.69) is 20.8 Å². The summed E-state index contributed by atoms with van der Waals surface area (Å²) in [7, 11) is 2.22. The second-order valence-corrected chi connectivity index (χ2v) is 6.88. The summed E-state index contributed by atoms with van der Waals surface area (Å²) in [6.45, 7) is 6.73. The highest BCUT2D eigenvalue weighted by Gasteiger charge is 2.55. The Morgan fingerprint density at radius 1 is 1.23 bits per heavy atom. The van der Waals surface area contributed by atoms with E-state index in [1.165, 1.54) is 26.7 Å². The second-order valence-electron chi connectivity index (χ2n) is 6.88. The summed E-state index contributed by atoms with van der Waals surface area (Å²) in [6, 6.07) is 0. The maximum absolute atomic E-state index is 11.6. The van der Waals surface area contributed by atoms with Crippen molar-refractivity contribution in [3.63, 3.8) is 0 Å². The Morgan fingerprint density at radius 2 is 1.82 bits per heavy atom. The normalized spacial score (nSPS) is 34.0. The number of nitrogens with two attached hydrogens (primary N) is 1. The summed E-state index contributed by atoms with van der Waals surface area (Å²) >= 11 is 0. The summed E-state index contributed by atoms with van der Waals surface area (Å²) in [5.41, 5.74) is 5.97. The standard InChI is InChI=1S/C16H31BNO2.CH4O/c1-4-6-8-13-14(9-7-10-17-20)16(18,12-19)11-15(13,3)5-2;1-2/h12-14,20H,4-11,18H2,1-3H3;2H,1H3. The van der Waals surface area contributed by atoms with Crippen LogP contribution in [0, 0.1) is 17.3 Å². The van der Waals surface area contributed by atoms with Crippen molar-refractivity contribution in [2.75, 3.05) is 7.11 Å².